The molecule has 1 N–H and O–H groups in total. The molecule has 0 radical (unpaired) electrons. The van der Waals surface area contributed by atoms with Gasteiger partial charge >= 0.3 is 5.97 Å². The van der Waals surface area contributed by atoms with E-state index < -0.39 is 5.97 Å². The average Bonchev–Trinajstić information content (AvgIpc) is 2.87. The van der Waals surface area contributed by atoms with Crippen LogP contribution >= 0.6 is 0 Å². The monoisotopic (exact) mass is 278 g/mol. The Kier molecular flexibility index (Phi) is 3.37. The van der Waals surface area contributed by atoms with Crippen LogP contribution in [0.15, 0.2) is 4.52 Å². The van der Waals surface area contributed by atoms with Gasteiger partial charge in [-0.2, -0.15) is 0 Å². The maximum absolute atomic E-state index is 11.3. The van der Waals surface area contributed by atoms with Gasteiger partial charge in [-0.15, -0.1) is 5.10 Å². The summed E-state index contributed by atoms with van der Waals surface area (Å²) in [4.78, 5) is 11.3. The number of hydrogen-bond acceptors (Lipinski definition) is 5. The highest BCUT2D eigenvalue weighted by Gasteiger charge is 2.29. The van der Waals surface area contributed by atoms with Crippen molar-refractivity contribution in [3.63, 3.8) is 0 Å². The Morgan fingerprint density at radius 2 is 2.00 bits per heavy atom. The van der Waals surface area contributed by atoms with Gasteiger partial charge in [0.05, 0.1) is 17.9 Å². The third kappa shape index (κ3) is 2.43. The Bertz CT molecular complexity index is 630. The molecular formula is C13H18N4O3. The van der Waals surface area contributed by atoms with Gasteiger partial charge in [0.2, 0.25) is 0 Å². The summed E-state index contributed by atoms with van der Waals surface area (Å²) in [5, 5.41) is 20.9. The molecule has 7 nitrogen and oxygen atoms in total. The van der Waals surface area contributed by atoms with Crippen LogP contribution in [0.1, 0.15) is 54.0 Å². The first-order valence-electron chi connectivity index (χ1n) is 6.31. The van der Waals surface area contributed by atoms with Crippen LogP contribution in [0.3, 0.4) is 0 Å². The van der Waals surface area contributed by atoms with Crippen LogP contribution in [0, 0.1) is 13.8 Å². The quantitative estimate of drug-likeness (QED) is 0.921. The summed E-state index contributed by atoms with van der Waals surface area (Å²) in [6.07, 6.45) is 0. The fourth-order valence-corrected chi connectivity index (χ4v) is 2.19. The van der Waals surface area contributed by atoms with E-state index in [1.165, 1.54) is 0 Å². The Balaban J connectivity index is 2.51. The van der Waals surface area contributed by atoms with Crippen LogP contribution in [0.4, 0.5) is 0 Å². The Labute approximate surface area is 116 Å². The molecule has 0 aromatic carbocycles. The van der Waals surface area contributed by atoms with Crippen LogP contribution in [0.5, 0.6) is 0 Å². The Hall–Kier alpha value is -2.18. The zero-order valence-electron chi connectivity index (χ0n) is 12.3. The van der Waals surface area contributed by atoms with Gasteiger partial charge in [0.15, 0.2) is 5.69 Å². The molecule has 20 heavy (non-hydrogen) atoms. The number of carboxylic acid groups (broad SMARTS) is 1. The van der Waals surface area contributed by atoms with Crippen LogP contribution in [0.25, 0.3) is 0 Å². The van der Waals surface area contributed by atoms with Crippen LogP contribution in [0.2, 0.25) is 0 Å². The SMILES string of the molecule is Cc1noc(C)c1Cn1nnc(C(=O)O)c1C(C)(C)C. The van der Waals surface area contributed by atoms with Gasteiger partial charge in [0.1, 0.15) is 5.76 Å². The van der Waals surface area contributed by atoms with E-state index in [-0.39, 0.29) is 11.1 Å². The maximum atomic E-state index is 11.3. The van der Waals surface area contributed by atoms with E-state index >= 15 is 0 Å². The van der Waals surface area contributed by atoms with Crippen LogP contribution < -0.4 is 0 Å². The summed E-state index contributed by atoms with van der Waals surface area (Å²) in [7, 11) is 0. The lowest BCUT2D eigenvalue weighted by molar-refractivity contribution is 0.0687. The molecule has 2 aromatic rings. The predicted molar refractivity (Wildman–Crippen MR) is 70.8 cm³/mol. The number of rotatable bonds is 3. The molecule has 0 saturated heterocycles. The molecule has 0 aliphatic heterocycles. The molecular weight excluding hydrogens is 260 g/mol. The Morgan fingerprint density at radius 3 is 2.45 bits per heavy atom. The largest absolute Gasteiger partial charge is 0.476 e. The summed E-state index contributed by atoms with van der Waals surface area (Å²) in [5.41, 5.74) is 1.87. The highest BCUT2D eigenvalue weighted by molar-refractivity contribution is 5.86. The van der Waals surface area contributed by atoms with E-state index in [1.807, 2.05) is 34.6 Å². The van der Waals surface area contributed by atoms with Gasteiger partial charge in [0.25, 0.3) is 0 Å². The zero-order chi connectivity index (χ0) is 15.1. The normalized spacial score (nSPS) is 11.8. The van der Waals surface area contributed by atoms with Crippen molar-refractivity contribution in [3.8, 4) is 0 Å². The lowest BCUT2D eigenvalue weighted by Crippen LogP contribution is -2.22. The molecule has 0 spiro atoms. The molecule has 2 rings (SSSR count). The van der Waals surface area contributed by atoms with E-state index in [4.69, 9.17) is 4.52 Å². The van der Waals surface area contributed by atoms with Crippen molar-refractivity contribution in [2.24, 2.45) is 0 Å². The van der Waals surface area contributed by atoms with Crippen molar-refractivity contribution >= 4 is 5.97 Å². The van der Waals surface area contributed by atoms with E-state index in [2.05, 4.69) is 15.5 Å². The van der Waals surface area contributed by atoms with Crippen molar-refractivity contribution in [1.29, 1.82) is 0 Å². The molecule has 2 heterocycles. The fourth-order valence-electron chi connectivity index (χ4n) is 2.19. The van der Waals surface area contributed by atoms with Crippen molar-refractivity contribution in [1.82, 2.24) is 20.2 Å². The highest BCUT2D eigenvalue weighted by atomic mass is 16.5. The van der Waals surface area contributed by atoms with Crippen molar-refractivity contribution < 1.29 is 14.4 Å². The molecule has 0 fully saturated rings. The smallest absolute Gasteiger partial charge is 0.358 e. The van der Waals surface area contributed by atoms with Crippen molar-refractivity contribution in [3.05, 3.63) is 28.4 Å². The fraction of sp³-hybridized carbons (Fsp3) is 0.538. The average molecular weight is 278 g/mol. The second-order valence-corrected chi connectivity index (χ2v) is 5.80. The summed E-state index contributed by atoms with van der Waals surface area (Å²) in [6.45, 7) is 9.86. The minimum Gasteiger partial charge on any atom is -0.476 e. The minimum atomic E-state index is -1.07. The molecule has 0 aliphatic rings. The van der Waals surface area contributed by atoms with Gasteiger partial charge in [0, 0.05) is 11.0 Å². The number of aromatic nitrogens is 4. The predicted octanol–water partition coefficient (Wildman–Crippen LogP) is 1.93. The van der Waals surface area contributed by atoms with Gasteiger partial charge in [-0.3, -0.25) is 0 Å². The van der Waals surface area contributed by atoms with Gasteiger partial charge in [-0.05, 0) is 13.8 Å². The third-order valence-corrected chi connectivity index (χ3v) is 3.14. The molecule has 2 aromatic heterocycles. The molecule has 0 amide bonds. The maximum Gasteiger partial charge on any atom is 0.358 e. The molecule has 0 bridgehead atoms. The van der Waals surface area contributed by atoms with Gasteiger partial charge in [-0.25, -0.2) is 9.48 Å². The van der Waals surface area contributed by atoms with Crippen molar-refractivity contribution in [2.45, 2.75) is 46.6 Å². The lowest BCUT2D eigenvalue weighted by atomic mass is 9.90. The molecule has 0 saturated carbocycles. The standard InChI is InChI=1S/C13H18N4O3/c1-7-9(8(2)20-15-7)6-17-11(13(3,4)5)10(12(18)19)14-16-17/h6H2,1-5H3,(H,18,19). The van der Waals surface area contributed by atoms with Crippen LogP contribution in [-0.4, -0.2) is 31.2 Å². The van der Waals surface area contributed by atoms with Crippen LogP contribution in [-0.2, 0) is 12.0 Å². The highest BCUT2D eigenvalue weighted by Crippen LogP contribution is 2.26. The Morgan fingerprint density at radius 1 is 1.35 bits per heavy atom. The number of aryl methyl sites for hydroxylation is 2. The minimum absolute atomic E-state index is 0.00994. The molecule has 0 unspecified atom stereocenters. The number of nitrogens with zero attached hydrogens (tertiary/aromatic N) is 4. The number of carboxylic acids is 1. The first kappa shape index (κ1) is 14.2. The molecule has 0 atom stereocenters. The van der Waals surface area contributed by atoms with E-state index in [0.717, 1.165) is 11.3 Å². The first-order chi connectivity index (χ1) is 9.21. The topological polar surface area (TPSA) is 94.0 Å². The van der Waals surface area contributed by atoms with E-state index in [0.29, 0.717) is 18.0 Å². The number of carbonyl (C=O) groups is 1. The van der Waals surface area contributed by atoms with Crippen molar-refractivity contribution in [2.75, 3.05) is 0 Å². The first-order valence-corrected chi connectivity index (χ1v) is 6.31. The third-order valence-electron chi connectivity index (χ3n) is 3.14. The second kappa shape index (κ2) is 4.73. The van der Waals surface area contributed by atoms with Gasteiger partial charge < -0.3 is 9.63 Å². The van der Waals surface area contributed by atoms with Gasteiger partial charge in [-0.1, -0.05) is 31.1 Å². The van der Waals surface area contributed by atoms with E-state index in [1.54, 1.807) is 4.68 Å². The number of hydrogen-bond donors (Lipinski definition) is 1. The van der Waals surface area contributed by atoms with E-state index in [9.17, 15) is 9.90 Å². The summed E-state index contributed by atoms with van der Waals surface area (Å²) in [6, 6.07) is 0. The molecule has 108 valence electrons. The molecule has 0 aliphatic carbocycles. The summed E-state index contributed by atoms with van der Waals surface area (Å²) >= 11 is 0. The zero-order valence-corrected chi connectivity index (χ0v) is 12.3. The summed E-state index contributed by atoms with van der Waals surface area (Å²) in [5.74, 6) is -0.366. The molecule has 7 heteroatoms. The summed E-state index contributed by atoms with van der Waals surface area (Å²) < 4.78 is 6.73. The number of aromatic carboxylic acids is 1. The lowest BCUT2D eigenvalue weighted by Gasteiger charge is -2.20. The second-order valence-electron chi connectivity index (χ2n) is 5.80.